The summed E-state index contributed by atoms with van der Waals surface area (Å²) in [7, 11) is 0. The number of hydrogen-bond acceptors (Lipinski definition) is 5. The molecule has 5 heteroatoms. The standard InChI is InChI=1S/C19H30O5/c1-2-6-15-11-18-19(24-14-23-18)12-16(15)7-4-3-5-8-17(21)13-22-10-9-20/h11-12,17,20-21H,2-10,13-14H2,1H3. The molecular formula is C19H30O5. The molecule has 5 nitrogen and oxygen atoms in total. The fraction of sp³-hybridized carbons (Fsp3) is 0.684. The highest BCUT2D eigenvalue weighted by atomic mass is 16.7. The molecule has 1 heterocycles. The Morgan fingerprint density at radius 1 is 1.08 bits per heavy atom. The Kier molecular flexibility index (Phi) is 8.36. The Morgan fingerprint density at radius 2 is 1.79 bits per heavy atom. The lowest BCUT2D eigenvalue weighted by molar-refractivity contribution is 0.0170. The Balaban J connectivity index is 1.72. The molecule has 0 saturated heterocycles. The fourth-order valence-corrected chi connectivity index (χ4v) is 3.00. The van der Waals surface area contributed by atoms with Crippen molar-refractivity contribution in [2.75, 3.05) is 26.6 Å². The predicted molar refractivity (Wildman–Crippen MR) is 92.6 cm³/mol. The van der Waals surface area contributed by atoms with Crippen LogP contribution in [-0.2, 0) is 17.6 Å². The minimum absolute atomic E-state index is 0.00233. The molecule has 1 aliphatic heterocycles. The van der Waals surface area contributed by atoms with E-state index in [1.165, 1.54) is 11.1 Å². The largest absolute Gasteiger partial charge is 0.454 e. The molecule has 0 aliphatic carbocycles. The topological polar surface area (TPSA) is 68.2 Å². The van der Waals surface area contributed by atoms with Crippen LogP contribution in [-0.4, -0.2) is 42.9 Å². The van der Waals surface area contributed by atoms with Gasteiger partial charge in [0.05, 0.1) is 25.9 Å². The van der Waals surface area contributed by atoms with Gasteiger partial charge in [-0.25, -0.2) is 0 Å². The summed E-state index contributed by atoms with van der Waals surface area (Å²) in [4.78, 5) is 0. The SMILES string of the molecule is CCCc1cc2c(cc1CCCCCC(O)COCCO)OCO2. The number of benzene rings is 1. The molecule has 0 fully saturated rings. The van der Waals surface area contributed by atoms with Crippen LogP contribution in [0.25, 0.3) is 0 Å². The lowest BCUT2D eigenvalue weighted by Crippen LogP contribution is -2.16. The average Bonchev–Trinajstić information content (AvgIpc) is 3.02. The van der Waals surface area contributed by atoms with Crippen molar-refractivity contribution in [3.63, 3.8) is 0 Å². The van der Waals surface area contributed by atoms with E-state index in [1.807, 2.05) is 0 Å². The van der Waals surface area contributed by atoms with Gasteiger partial charge in [0.1, 0.15) is 0 Å². The maximum Gasteiger partial charge on any atom is 0.231 e. The third kappa shape index (κ3) is 5.96. The van der Waals surface area contributed by atoms with Gasteiger partial charge in [-0.1, -0.05) is 26.2 Å². The number of fused-ring (bicyclic) bond motifs is 1. The summed E-state index contributed by atoms with van der Waals surface area (Å²) >= 11 is 0. The quantitative estimate of drug-likeness (QED) is 0.574. The van der Waals surface area contributed by atoms with Gasteiger partial charge in [-0.05, 0) is 48.9 Å². The molecule has 2 rings (SSSR count). The number of rotatable bonds is 12. The van der Waals surface area contributed by atoms with Crippen molar-refractivity contribution < 1.29 is 24.4 Å². The maximum atomic E-state index is 9.77. The smallest absolute Gasteiger partial charge is 0.231 e. The Bertz CT molecular complexity index is 489. The number of ether oxygens (including phenoxy) is 3. The van der Waals surface area contributed by atoms with Gasteiger partial charge in [0.15, 0.2) is 11.5 Å². The van der Waals surface area contributed by atoms with Crippen molar-refractivity contribution in [3.05, 3.63) is 23.3 Å². The molecular weight excluding hydrogens is 308 g/mol. The molecule has 2 N–H and O–H groups in total. The zero-order valence-corrected chi connectivity index (χ0v) is 14.6. The highest BCUT2D eigenvalue weighted by Gasteiger charge is 2.16. The van der Waals surface area contributed by atoms with Gasteiger partial charge < -0.3 is 24.4 Å². The average molecular weight is 338 g/mol. The van der Waals surface area contributed by atoms with Crippen molar-refractivity contribution in [2.24, 2.45) is 0 Å². The van der Waals surface area contributed by atoms with Gasteiger partial charge in [0.25, 0.3) is 0 Å². The van der Waals surface area contributed by atoms with Crippen LogP contribution in [0.1, 0.15) is 50.2 Å². The molecule has 1 aromatic carbocycles. The van der Waals surface area contributed by atoms with Gasteiger partial charge in [-0.15, -0.1) is 0 Å². The van der Waals surface area contributed by atoms with Gasteiger partial charge in [-0.2, -0.15) is 0 Å². The third-order valence-corrected chi connectivity index (χ3v) is 4.24. The molecule has 0 aromatic heterocycles. The van der Waals surface area contributed by atoms with E-state index in [1.54, 1.807) is 0 Å². The lowest BCUT2D eigenvalue weighted by Gasteiger charge is -2.12. The summed E-state index contributed by atoms with van der Waals surface area (Å²) in [6.07, 6.45) is 6.68. The first-order valence-electron chi connectivity index (χ1n) is 9.02. The van der Waals surface area contributed by atoms with E-state index >= 15 is 0 Å². The molecule has 1 atom stereocenters. The normalized spacial score (nSPS) is 14.1. The Morgan fingerprint density at radius 3 is 2.46 bits per heavy atom. The van der Waals surface area contributed by atoms with Crippen LogP contribution in [0.4, 0.5) is 0 Å². The molecule has 0 saturated carbocycles. The lowest BCUT2D eigenvalue weighted by atomic mass is 9.97. The predicted octanol–water partition coefficient (Wildman–Crippen LogP) is 2.84. The first kappa shape index (κ1) is 19.0. The van der Waals surface area contributed by atoms with Gasteiger partial charge in [0.2, 0.25) is 6.79 Å². The first-order chi connectivity index (χ1) is 11.7. The van der Waals surface area contributed by atoms with E-state index in [0.29, 0.717) is 20.0 Å². The third-order valence-electron chi connectivity index (χ3n) is 4.24. The molecule has 1 unspecified atom stereocenters. The molecule has 0 spiro atoms. The highest BCUT2D eigenvalue weighted by Crippen LogP contribution is 2.35. The van der Waals surface area contributed by atoms with E-state index < -0.39 is 6.10 Å². The van der Waals surface area contributed by atoms with Crippen molar-refractivity contribution in [2.45, 2.75) is 58.0 Å². The van der Waals surface area contributed by atoms with E-state index in [-0.39, 0.29) is 6.61 Å². The summed E-state index contributed by atoms with van der Waals surface area (Å²) in [5.41, 5.74) is 2.71. The van der Waals surface area contributed by atoms with E-state index in [2.05, 4.69) is 19.1 Å². The number of unbranched alkanes of at least 4 members (excludes halogenated alkanes) is 2. The monoisotopic (exact) mass is 338 g/mol. The van der Waals surface area contributed by atoms with Gasteiger partial charge in [0, 0.05) is 0 Å². The second kappa shape index (κ2) is 10.5. The Labute approximate surface area is 144 Å². The minimum atomic E-state index is -0.433. The molecule has 0 bridgehead atoms. The van der Waals surface area contributed by atoms with Crippen molar-refractivity contribution in [1.82, 2.24) is 0 Å². The summed E-state index contributed by atoms with van der Waals surface area (Å²) in [5.74, 6) is 1.73. The number of hydrogen-bond donors (Lipinski definition) is 2. The van der Waals surface area contributed by atoms with E-state index in [0.717, 1.165) is 56.4 Å². The van der Waals surface area contributed by atoms with Crippen molar-refractivity contribution in [1.29, 1.82) is 0 Å². The summed E-state index contributed by atoms with van der Waals surface area (Å²) in [6, 6.07) is 4.26. The Hall–Kier alpha value is -1.30. The van der Waals surface area contributed by atoms with E-state index in [4.69, 9.17) is 19.3 Å². The van der Waals surface area contributed by atoms with E-state index in [9.17, 15) is 5.11 Å². The zero-order chi connectivity index (χ0) is 17.2. The molecule has 0 amide bonds. The van der Waals surface area contributed by atoms with Gasteiger partial charge >= 0.3 is 0 Å². The molecule has 1 aliphatic rings. The summed E-state index contributed by atoms with van der Waals surface area (Å²) < 4.78 is 16.1. The van der Waals surface area contributed by atoms with Crippen LogP contribution < -0.4 is 9.47 Å². The van der Waals surface area contributed by atoms with Crippen LogP contribution in [0, 0.1) is 0 Å². The van der Waals surface area contributed by atoms with Crippen molar-refractivity contribution in [3.8, 4) is 11.5 Å². The molecule has 1 aromatic rings. The molecule has 0 radical (unpaired) electrons. The van der Waals surface area contributed by atoms with Crippen LogP contribution in [0.15, 0.2) is 12.1 Å². The number of aliphatic hydroxyl groups excluding tert-OH is 2. The second-order valence-corrected chi connectivity index (χ2v) is 6.28. The van der Waals surface area contributed by atoms with Crippen LogP contribution in [0.3, 0.4) is 0 Å². The zero-order valence-electron chi connectivity index (χ0n) is 14.6. The summed E-state index contributed by atoms with van der Waals surface area (Å²) in [6.45, 7) is 3.11. The molecule has 136 valence electrons. The molecule has 24 heavy (non-hydrogen) atoms. The van der Waals surface area contributed by atoms with Crippen LogP contribution in [0.2, 0.25) is 0 Å². The minimum Gasteiger partial charge on any atom is -0.454 e. The highest BCUT2D eigenvalue weighted by molar-refractivity contribution is 5.48. The number of aryl methyl sites for hydroxylation is 2. The maximum absolute atomic E-state index is 9.77. The summed E-state index contributed by atoms with van der Waals surface area (Å²) in [5, 5.41) is 18.4. The van der Waals surface area contributed by atoms with Crippen molar-refractivity contribution >= 4 is 0 Å². The first-order valence-corrected chi connectivity index (χ1v) is 9.02. The number of aliphatic hydroxyl groups is 2. The van der Waals surface area contributed by atoms with Crippen LogP contribution >= 0.6 is 0 Å². The van der Waals surface area contributed by atoms with Gasteiger partial charge in [-0.3, -0.25) is 0 Å². The fourth-order valence-electron chi connectivity index (χ4n) is 3.00. The second-order valence-electron chi connectivity index (χ2n) is 6.28. The van der Waals surface area contributed by atoms with Crippen LogP contribution in [0.5, 0.6) is 11.5 Å².